The Morgan fingerprint density at radius 3 is 2.56 bits per heavy atom. The number of nitrogens with one attached hydrogen (secondary N) is 2. The van der Waals surface area contributed by atoms with E-state index in [-0.39, 0.29) is 5.91 Å². The molecular weight excluding hydrogens is 336 g/mol. The van der Waals surface area contributed by atoms with E-state index in [1.54, 1.807) is 12.4 Å². The second-order valence-corrected chi connectivity index (χ2v) is 7.14. The number of anilines is 3. The van der Waals surface area contributed by atoms with Gasteiger partial charge in [-0.25, -0.2) is 0 Å². The molecule has 5 heteroatoms. The van der Waals surface area contributed by atoms with Gasteiger partial charge in [-0.2, -0.15) is 0 Å². The lowest BCUT2D eigenvalue weighted by atomic mass is 10.1. The summed E-state index contributed by atoms with van der Waals surface area (Å²) in [5.74, 6) is -0.0669. The van der Waals surface area contributed by atoms with Crippen LogP contribution in [0.5, 0.6) is 0 Å². The summed E-state index contributed by atoms with van der Waals surface area (Å²) in [5.41, 5.74) is 3.68. The minimum atomic E-state index is -0.0669. The second-order valence-electron chi connectivity index (χ2n) is 7.14. The molecule has 1 amide bonds. The fraction of sp³-hybridized carbons (Fsp3) is 0.455. The number of hydrogen-bond acceptors (Lipinski definition) is 4. The van der Waals surface area contributed by atoms with Gasteiger partial charge < -0.3 is 15.5 Å². The summed E-state index contributed by atoms with van der Waals surface area (Å²) in [6.45, 7) is 5.15. The Balaban J connectivity index is 1.58. The molecular formula is C22H30N4O. The van der Waals surface area contributed by atoms with Gasteiger partial charge in [0.05, 0.1) is 17.4 Å². The van der Waals surface area contributed by atoms with E-state index in [2.05, 4.69) is 51.7 Å². The van der Waals surface area contributed by atoms with Gasteiger partial charge in [-0.1, -0.05) is 19.8 Å². The Labute approximate surface area is 162 Å². The zero-order chi connectivity index (χ0) is 18.9. The maximum Gasteiger partial charge on any atom is 0.252 e. The van der Waals surface area contributed by atoms with Crippen LogP contribution in [-0.2, 0) is 0 Å². The molecule has 1 aliphatic rings. The van der Waals surface area contributed by atoms with E-state index >= 15 is 0 Å². The molecule has 0 aliphatic carbocycles. The van der Waals surface area contributed by atoms with Crippen molar-refractivity contribution in [3.8, 4) is 0 Å². The number of carbonyl (C=O) groups is 1. The molecule has 1 aromatic heterocycles. The Morgan fingerprint density at radius 1 is 1.04 bits per heavy atom. The van der Waals surface area contributed by atoms with Crippen LogP contribution >= 0.6 is 0 Å². The predicted octanol–water partition coefficient (Wildman–Crippen LogP) is 4.74. The molecule has 0 saturated carbocycles. The van der Waals surface area contributed by atoms with Crippen molar-refractivity contribution < 1.29 is 4.79 Å². The number of hydrogen-bond donors (Lipinski definition) is 2. The lowest BCUT2D eigenvalue weighted by molar-refractivity contribution is 0.0952. The number of pyridine rings is 1. The monoisotopic (exact) mass is 366 g/mol. The van der Waals surface area contributed by atoms with Gasteiger partial charge in [0, 0.05) is 37.2 Å². The van der Waals surface area contributed by atoms with Crippen molar-refractivity contribution in [1.82, 2.24) is 10.3 Å². The van der Waals surface area contributed by atoms with E-state index < -0.39 is 0 Å². The van der Waals surface area contributed by atoms with Crippen molar-refractivity contribution in [2.24, 2.45) is 0 Å². The molecule has 1 saturated heterocycles. The van der Waals surface area contributed by atoms with E-state index in [4.69, 9.17) is 0 Å². The highest BCUT2D eigenvalue weighted by Gasteiger charge is 2.11. The summed E-state index contributed by atoms with van der Waals surface area (Å²) < 4.78 is 0. The maximum atomic E-state index is 12.2. The first-order chi connectivity index (χ1) is 13.3. The SMILES string of the molecule is CCCCCNC(=O)c1cncc(Nc2ccc(N3CCCCC3)cc2)c1. The minimum Gasteiger partial charge on any atom is -0.372 e. The lowest BCUT2D eigenvalue weighted by Crippen LogP contribution is -2.29. The van der Waals surface area contributed by atoms with Gasteiger partial charge in [0.1, 0.15) is 0 Å². The fourth-order valence-corrected chi connectivity index (χ4v) is 3.39. The van der Waals surface area contributed by atoms with Crippen LogP contribution < -0.4 is 15.5 Å². The number of nitrogens with zero attached hydrogens (tertiary/aromatic N) is 2. The van der Waals surface area contributed by atoms with Crippen LogP contribution in [0, 0.1) is 0 Å². The van der Waals surface area contributed by atoms with Crippen LogP contribution in [0.1, 0.15) is 55.8 Å². The number of benzene rings is 1. The first-order valence-corrected chi connectivity index (χ1v) is 10.1. The highest BCUT2D eigenvalue weighted by molar-refractivity contribution is 5.94. The van der Waals surface area contributed by atoms with Crippen molar-refractivity contribution in [1.29, 1.82) is 0 Å². The smallest absolute Gasteiger partial charge is 0.252 e. The summed E-state index contributed by atoms with van der Waals surface area (Å²) in [6.07, 6.45) is 10.5. The molecule has 1 aliphatic heterocycles. The molecule has 0 bridgehead atoms. The van der Waals surface area contributed by atoms with Crippen molar-refractivity contribution in [3.05, 3.63) is 48.3 Å². The standard InChI is InChI=1S/C22H30N4O/c1-2-3-5-12-24-22(27)18-15-20(17-23-16-18)25-19-8-10-21(11-9-19)26-13-6-4-7-14-26/h8-11,15-17,25H,2-7,12-14H2,1H3,(H,24,27). The lowest BCUT2D eigenvalue weighted by Gasteiger charge is -2.28. The van der Waals surface area contributed by atoms with E-state index in [1.807, 2.05) is 6.07 Å². The summed E-state index contributed by atoms with van der Waals surface area (Å²) in [7, 11) is 0. The summed E-state index contributed by atoms with van der Waals surface area (Å²) in [5, 5.41) is 6.30. The second kappa shape index (κ2) is 9.95. The van der Waals surface area contributed by atoms with Crippen molar-refractivity contribution in [3.63, 3.8) is 0 Å². The number of unbranched alkanes of at least 4 members (excludes halogenated alkanes) is 2. The van der Waals surface area contributed by atoms with Crippen LogP contribution in [-0.4, -0.2) is 30.5 Å². The molecule has 5 nitrogen and oxygen atoms in total. The Bertz CT molecular complexity index is 723. The average molecular weight is 367 g/mol. The van der Waals surface area contributed by atoms with Crippen LogP contribution in [0.4, 0.5) is 17.1 Å². The quantitative estimate of drug-likeness (QED) is 0.663. The molecule has 0 spiro atoms. The van der Waals surface area contributed by atoms with Gasteiger partial charge >= 0.3 is 0 Å². The molecule has 1 fully saturated rings. The van der Waals surface area contributed by atoms with Gasteiger partial charge in [0.15, 0.2) is 0 Å². The average Bonchev–Trinajstić information content (AvgIpc) is 2.72. The molecule has 144 valence electrons. The van der Waals surface area contributed by atoms with Crippen LogP contribution in [0.3, 0.4) is 0 Å². The number of amides is 1. The summed E-state index contributed by atoms with van der Waals surface area (Å²) in [6, 6.07) is 10.3. The summed E-state index contributed by atoms with van der Waals surface area (Å²) in [4.78, 5) is 18.9. The van der Waals surface area contributed by atoms with Crippen molar-refractivity contribution >= 4 is 23.0 Å². The normalized spacial score (nSPS) is 14.0. The third kappa shape index (κ3) is 5.71. The van der Waals surface area contributed by atoms with Crippen LogP contribution in [0.15, 0.2) is 42.7 Å². The third-order valence-electron chi connectivity index (χ3n) is 4.94. The first kappa shape index (κ1) is 19.2. The first-order valence-electron chi connectivity index (χ1n) is 10.1. The molecule has 0 atom stereocenters. The molecule has 2 aromatic rings. The third-order valence-corrected chi connectivity index (χ3v) is 4.94. The van der Waals surface area contributed by atoms with Crippen LogP contribution in [0.2, 0.25) is 0 Å². The van der Waals surface area contributed by atoms with Gasteiger partial charge in [-0.15, -0.1) is 0 Å². The van der Waals surface area contributed by atoms with Gasteiger partial charge in [0.2, 0.25) is 0 Å². The van der Waals surface area contributed by atoms with Gasteiger partial charge in [0.25, 0.3) is 5.91 Å². The van der Waals surface area contributed by atoms with Gasteiger partial charge in [-0.3, -0.25) is 9.78 Å². The number of carbonyl (C=O) groups excluding carboxylic acids is 1. The molecule has 2 heterocycles. The van der Waals surface area contributed by atoms with E-state index in [0.29, 0.717) is 12.1 Å². The number of aromatic nitrogens is 1. The Kier molecular flexibility index (Phi) is 7.08. The highest BCUT2D eigenvalue weighted by atomic mass is 16.1. The van der Waals surface area contributed by atoms with Gasteiger partial charge in [-0.05, 0) is 56.0 Å². The number of rotatable bonds is 8. The molecule has 0 radical (unpaired) electrons. The van der Waals surface area contributed by atoms with Crippen LogP contribution in [0.25, 0.3) is 0 Å². The van der Waals surface area contributed by atoms with E-state index in [1.165, 1.54) is 24.9 Å². The topological polar surface area (TPSA) is 57.3 Å². The highest BCUT2D eigenvalue weighted by Crippen LogP contribution is 2.23. The Morgan fingerprint density at radius 2 is 1.81 bits per heavy atom. The van der Waals surface area contributed by atoms with E-state index in [0.717, 1.165) is 43.7 Å². The zero-order valence-corrected chi connectivity index (χ0v) is 16.2. The predicted molar refractivity (Wildman–Crippen MR) is 112 cm³/mol. The molecule has 2 N–H and O–H groups in total. The van der Waals surface area contributed by atoms with Crippen molar-refractivity contribution in [2.75, 3.05) is 29.9 Å². The zero-order valence-electron chi connectivity index (χ0n) is 16.2. The fourth-order valence-electron chi connectivity index (χ4n) is 3.39. The minimum absolute atomic E-state index is 0.0669. The van der Waals surface area contributed by atoms with E-state index in [9.17, 15) is 4.79 Å². The maximum absolute atomic E-state index is 12.2. The largest absolute Gasteiger partial charge is 0.372 e. The Hall–Kier alpha value is -2.56. The van der Waals surface area contributed by atoms with Crippen molar-refractivity contribution in [2.45, 2.75) is 45.4 Å². The molecule has 3 rings (SSSR count). The number of piperidine rings is 1. The summed E-state index contributed by atoms with van der Waals surface area (Å²) >= 11 is 0. The molecule has 0 unspecified atom stereocenters. The molecule has 27 heavy (non-hydrogen) atoms. The molecule has 1 aromatic carbocycles.